The zero-order valence-corrected chi connectivity index (χ0v) is 19.8. The Balaban J connectivity index is 1.73. The third-order valence-electron chi connectivity index (χ3n) is 5.17. The second kappa shape index (κ2) is 11.5. The first-order valence-electron chi connectivity index (χ1n) is 11.0. The normalized spacial score (nSPS) is 12.1. The SMILES string of the molecule is CCOc1ccc(S(=O)(=O)N(CC(=O)N[C@H](C)CCc2ccccc2)c2ccccc2)cc1. The van der Waals surface area contributed by atoms with Gasteiger partial charge in [0.1, 0.15) is 12.3 Å². The number of nitrogens with zero attached hydrogens (tertiary/aromatic N) is 1. The van der Waals surface area contributed by atoms with Gasteiger partial charge in [-0.15, -0.1) is 0 Å². The van der Waals surface area contributed by atoms with Crippen molar-refractivity contribution in [3.8, 4) is 5.75 Å². The third kappa shape index (κ3) is 6.83. The van der Waals surface area contributed by atoms with Crippen LogP contribution >= 0.6 is 0 Å². The van der Waals surface area contributed by atoms with Crippen molar-refractivity contribution in [2.75, 3.05) is 17.5 Å². The molecular formula is C26H30N2O4S. The molecule has 0 saturated heterocycles. The van der Waals surface area contributed by atoms with E-state index in [0.29, 0.717) is 18.0 Å². The maximum atomic E-state index is 13.4. The number of carbonyl (C=O) groups is 1. The van der Waals surface area contributed by atoms with Crippen molar-refractivity contribution in [3.63, 3.8) is 0 Å². The number of anilines is 1. The second-order valence-corrected chi connectivity index (χ2v) is 9.61. The Morgan fingerprint density at radius 3 is 2.15 bits per heavy atom. The van der Waals surface area contributed by atoms with Gasteiger partial charge in [-0.1, -0.05) is 48.5 Å². The van der Waals surface area contributed by atoms with Gasteiger partial charge >= 0.3 is 0 Å². The lowest BCUT2D eigenvalue weighted by molar-refractivity contribution is -0.120. The van der Waals surface area contributed by atoms with Crippen LogP contribution in [0.4, 0.5) is 5.69 Å². The molecule has 1 N–H and O–H groups in total. The minimum atomic E-state index is -3.96. The van der Waals surface area contributed by atoms with Crippen LogP contribution in [0.5, 0.6) is 5.75 Å². The van der Waals surface area contributed by atoms with Gasteiger partial charge in [-0.25, -0.2) is 8.42 Å². The van der Waals surface area contributed by atoms with E-state index in [0.717, 1.165) is 17.1 Å². The lowest BCUT2D eigenvalue weighted by Crippen LogP contribution is -2.43. The number of sulfonamides is 1. The number of para-hydroxylation sites is 1. The van der Waals surface area contributed by atoms with Gasteiger partial charge in [0.25, 0.3) is 10.0 Å². The van der Waals surface area contributed by atoms with Gasteiger partial charge in [0.2, 0.25) is 5.91 Å². The standard InChI is InChI=1S/C26H30N2O4S/c1-3-32-24-16-18-25(19-17-24)33(30,31)28(23-12-8-5-9-13-23)20-26(29)27-21(2)14-15-22-10-6-4-7-11-22/h4-13,16-19,21H,3,14-15,20H2,1-2H3,(H,27,29)/t21-/m1/s1. The molecule has 3 rings (SSSR count). The molecule has 3 aromatic carbocycles. The smallest absolute Gasteiger partial charge is 0.264 e. The predicted molar refractivity (Wildman–Crippen MR) is 131 cm³/mol. The van der Waals surface area contributed by atoms with Crippen molar-refractivity contribution in [1.82, 2.24) is 5.32 Å². The molecule has 0 saturated carbocycles. The summed E-state index contributed by atoms with van der Waals surface area (Å²) >= 11 is 0. The first kappa shape index (κ1) is 24.3. The average Bonchev–Trinajstić information content (AvgIpc) is 2.83. The number of hydrogen-bond donors (Lipinski definition) is 1. The molecule has 0 aliphatic rings. The fourth-order valence-electron chi connectivity index (χ4n) is 3.46. The Morgan fingerprint density at radius 1 is 0.939 bits per heavy atom. The summed E-state index contributed by atoms with van der Waals surface area (Å²) in [7, 11) is -3.96. The summed E-state index contributed by atoms with van der Waals surface area (Å²) in [5.41, 5.74) is 1.63. The predicted octanol–water partition coefficient (Wildman–Crippen LogP) is 4.42. The van der Waals surface area contributed by atoms with Crippen LogP contribution in [0.1, 0.15) is 25.8 Å². The van der Waals surface area contributed by atoms with Crippen molar-refractivity contribution < 1.29 is 17.9 Å². The molecule has 33 heavy (non-hydrogen) atoms. The number of aryl methyl sites for hydroxylation is 1. The topological polar surface area (TPSA) is 75.7 Å². The van der Waals surface area contributed by atoms with Crippen molar-refractivity contribution in [2.45, 2.75) is 37.6 Å². The number of carbonyl (C=O) groups excluding carboxylic acids is 1. The van der Waals surface area contributed by atoms with Gasteiger partial charge in [0.05, 0.1) is 17.2 Å². The summed E-state index contributed by atoms with van der Waals surface area (Å²) in [5.74, 6) is 0.238. The zero-order valence-electron chi connectivity index (χ0n) is 19.0. The highest BCUT2D eigenvalue weighted by Crippen LogP contribution is 2.25. The van der Waals surface area contributed by atoms with Crippen LogP contribution in [-0.4, -0.2) is 33.5 Å². The van der Waals surface area contributed by atoms with Gasteiger partial charge in [-0.05, 0) is 68.7 Å². The van der Waals surface area contributed by atoms with Crippen molar-refractivity contribution in [1.29, 1.82) is 0 Å². The summed E-state index contributed by atoms with van der Waals surface area (Å²) in [6.45, 7) is 3.97. The summed E-state index contributed by atoms with van der Waals surface area (Å²) in [5, 5.41) is 2.93. The maximum absolute atomic E-state index is 13.4. The summed E-state index contributed by atoms with van der Waals surface area (Å²) in [6.07, 6.45) is 1.59. The van der Waals surface area contributed by atoms with Crippen molar-refractivity contribution in [3.05, 3.63) is 90.5 Å². The van der Waals surface area contributed by atoms with Crippen LogP contribution in [0.25, 0.3) is 0 Å². The molecule has 0 fully saturated rings. The third-order valence-corrected chi connectivity index (χ3v) is 6.96. The molecular weight excluding hydrogens is 436 g/mol. The highest BCUT2D eigenvalue weighted by atomic mass is 32.2. The summed E-state index contributed by atoms with van der Waals surface area (Å²) in [6, 6.07) is 24.8. The first-order valence-corrected chi connectivity index (χ1v) is 12.5. The molecule has 0 aliphatic carbocycles. The molecule has 0 aliphatic heterocycles. The van der Waals surface area contributed by atoms with E-state index in [9.17, 15) is 13.2 Å². The van der Waals surface area contributed by atoms with E-state index in [1.54, 1.807) is 42.5 Å². The number of nitrogens with one attached hydrogen (secondary N) is 1. The minimum absolute atomic E-state index is 0.0940. The first-order chi connectivity index (χ1) is 15.9. The van der Waals surface area contributed by atoms with Gasteiger partial charge in [0, 0.05) is 6.04 Å². The monoisotopic (exact) mass is 466 g/mol. The van der Waals surface area contributed by atoms with Gasteiger partial charge < -0.3 is 10.1 Å². The lowest BCUT2D eigenvalue weighted by Gasteiger charge is -2.25. The molecule has 0 aromatic heterocycles. The van der Waals surface area contributed by atoms with E-state index in [-0.39, 0.29) is 23.4 Å². The Hall–Kier alpha value is -3.32. The number of rotatable bonds is 11. The van der Waals surface area contributed by atoms with Crippen LogP contribution in [0, 0.1) is 0 Å². The maximum Gasteiger partial charge on any atom is 0.264 e. The molecule has 1 amide bonds. The van der Waals surface area contributed by atoms with Crippen molar-refractivity contribution >= 4 is 21.6 Å². The van der Waals surface area contributed by atoms with Gasteiger partial charge in [0.15, 0.2) is 0 Å². The Kier molecular flexibility index (Phi) is 8.49. The number of ether oxygens (including phenoxy) is 1. The fraction of sp³-hybridized carbons (Fsp3) is 0.269. The van der Waals surface area contributed by atoms with E-state index in [1.165, 1.54) is 17.7 Å². The van der Waals surface area contributed by atoms with Crippen molar-refractivity contribution in [2.24, 2.45) is 0 Å². The molecule has 0 heterocycles. The number of benzene rings is 3. The van der Waals surface area contributed by atoms with Crippen LogP contribution in [-0.2, 0) is 21.2 Å². The van der Waals surface area contributed by atoms with E-state index in [1.807, 2.05) is 32.0 Å². The van der Waals surface area contributed by atoms with E-state index in [4.69, 9.17) is 4.74 Å². The quantitative estimate of drug-likeness (QED) is 0.454. The molecule has 0 spiro atoms. The van der Waals surface area contributed by atoms with Crippen LogP contribution in [0.2, 0.25) is 0 Å². The molecule has 7 heteroatoms. The molecule has 174 valence electrons. The van der Waals surface area contributed by atoms with Crippen LogP contribution in [0.15, 0.2) is 89.8 Å². The largest absolute Gasteiger partial charge is 0.494 e. The van der Waals surface area contributed by atoms with Crippen LogP contribution < -0.4 is 14.4 Å². The summed E-state index contributed by atoms with van der Waals surface area (Å²) < 4.78 is 33.4. The number of amides is 1. The fourth-order valence-corrected chi connectivity index (χ4v) is 4.88. The molecule has 0 bridgehead atoms. The molecule has 6 nitrogen and oxygen atoms in total. The zero-order chi connectivity index (χ0) is 23.7. The van der Waals surface area contributed by atoms with Gasteiger partial charge in [-0.3, -0.25) is 9.10 Å². The Labute approximate surface area is 196 Å². The van der Waals surface area contributed by atoms with E-state index in [2.05, 4.69) is 17.4 Å². The van der Waals surface area contributed by atoms with E-state index < -0.39 is 10.0 Å². The molecule has 0 radical (unpaired) electrons. The minimum Gasteiger partial charge on any atom is -0.494 e. The highest BCUT2D eigenvalue weighted by Gasteiger charge is 2.27. The second-order valence-electron chi connectivity index (χ2n) is 7.74. The highest BCUT2D eigenvalue weighted by molar-refractivity contribution is 7.92. The Bertz CT molecular complexity index is 1120. The molecule has 3 aromatic rings. The molecule has 1 atom stereocenters. The van der Waals surface area contributed by atoms with E-state index >= 15 is 0 Å². The molecule has 0 unspecified atom stereocenters. The van der Waals surface area contributed by atoms with Crippen LogP contribution in [0.3, 0.4) is 0 Å². The van der Waals surface area contributed by atoms with Gasteiger partial charge in [-0.2, -0.15) is 0 Å². The summed E-state index contributed by atoms with van der Waals surface area (Å²) in [4.78, 5) is 12.9. The lowest BCUT2D eigenvalue weighted by atomic mass is 10.1. The Morgan fingerprint density at radius 2 is 1.55 bits per heavy atom. The number of hydrogen-bond acceptors (Lipinski definition) is 4. The average molecular weight is 467 g/mol.